The number of imidazole rings is 1. The van der Waals surface area contributed by atoms with E-state index < -0.39 is 0 Å². The van der Waals surface area contributed by atoms with Crippen molar-refractivity contribution in [3.05, 3.63) is 40.0 Å². The molecular formula is C23H29Cl2N7. The van der Waals surface area contributed by atoms with E-state index in [-0.39, 0.29) is 0 Å². The van der Waals surface area contributed by atoms with Crippen LogP contribution in [0.2, 0.25) is 10.0 Å². The molecule has 2 aromatic heterocycles. The van der Waals surface area contributed by atoms with Crippen molar-refractivity contribution < 1.29 is 0 Å². The third-order valence-corrected chi connectivity index (χ3v) is 7.40. The Morgan fingerprint density at radius 3 is 2.53 bits per heavy atom. The first-order valence-electron chi connectivity index (χ1n) is 11.5. The number of rotatable bonds is 6. The Kier molecular flexibility index (Phi) is 6.40. The highest BCUT2D eigenvalue weighted by Crippen LogP contribution is 2.35. The molecule has 1 aromatic carbocycles. The predicted octanol–water partition coefficient (Wildman–Crippen LogP) is 5.54. The molecule has 0 radical (unpaired) electrons. The lowest BCUT2D eigenvalue weighted by Crippen LogP contribution is -2.33. The highest BCUT2D eigenvalue weighted by Gasteiger charge is 2.25. The van der Waals surface area contributed by atoms with Gasteiger partial charge in [0.05, 0.1) is 16.2 Å². The first-order valence-corrected chi connectivity index (χ1v) is 12.3. The number of halogens is 2. The Labute approximate surface area is 198 Å². The average molecular weight is 474 g/mol. The van der Waals surface area contributed by atoms with E-state index in [1.54, 1.807) is 0 Å². The molecule has 3 aromatic rings. The van der Waals surface area contributed by atoms with Gasteiger partial charge in [-0.3, -0.25) is 4.57 Å². The number of aromatic nitrogens is 4. The average Bonchev–Trinajstić information content (AvgIpc) is 3.43. The van der Waals surface area contributed by atoms with Gasteiger partial charge in [-0.05, 0) is 56.2 Å². The molecule has 0 amide bonds. The smallest absolute Gasteiger partial charge is 0.224 e. The first-order chi connectivity index (χ1) is 15.6. The number of nitrogens with zero attached hydrogens (tertiary/aromatic N) is 4. The second kappa shape index (κ2) is 9.41. The van der Waals surface area contributed by atoms with Crippen LogP contribution in [-0.2, 0) is 6.54 Å². The molecule has 2 fully saturated rings. The molecule has 2 aliphatic rings. The summed E-state index contributed by atoms with van der Waals surface area (Å²) < 4.78 is 2.27. The number of anilines is 2. The molecule has 2 saturated carbocycles. The van der Waals surface area contributed by atoms with E-state index in [4.69, 9.17) is 38.9 Å². The normalized spacial score (nSPS) is 21.8. The van der Waals surface area contributed by atoms with Crippen molar-refractivity contribution >= 4 is 46.3 Å². The van der Waals surface area contributed by atoms with Crippen molar-refractivity contribution in [1.29, 1.82) is 0 Å². The lowest BCUT2D eigenvalue weighted by molar-refractivity contribution is 0.410. The number of fused-ring (bicyclic) bond motifs is 1. The second-order valence-corrected chi connectivity index (χ2v) is 9.82. The summed E-state index contributed by atoms with van der Waals surface area (Å²) in [5.74, 6) is 1.50. The molecule has 0 saturated heterocycles. The molecule has 4 N–H and O–H groups in total. The molecule has 7 nitrogen and oxygen atoms in total. The number of hydrogen-bond acceptors (Lipinski definition) is 6. The summed E-state index contributed by atoms with van der Waals surface area (Å²) in [4.78, 5) is 14.3. The standard InChI is InChI=1S/C23H29Cl2N7/c24-18-10-5-14(11-19(18)25)12-28-23-30-20-13-27-22(29-16-8-6-15(26)7-9-16)31-21(20)32(23)17-3-1-2-4-17/h5,10-11,13,15-17H,1-4,6-9,12,26H2,(H,28,30)(H,27,29,31). The first kappa shape index (κ1) is 21.7. The number of nitrogens with one attached hydrogen (secondary N) is 2. The minimum absolute atomic E-state index is 0.324. The minimum Gasteiger partial charge on any atom is -0.352 e. The van der Waals surface area contributed by atoms with Gasteiger partial charge in [0.25, 0.3) is 0 Å². The fourth-order valence-electron chi connectivity index (χ4n) is 4.87. The molecule has 170 valence electrons. The quantitative estimate of drug-likeness (QED) is 0.434. The highest BCUT2D eigenvalue weighted by molar-refractivity contribution is 6.42. The van der Waals surface area contributed by atoms with Gasteiger partial charge in [-0.15, -0.1) is 0 Å². The Balaban J connectivity index is 1.41. The van der Waals surface area contributed by atoms with Gasteiger partial charge in [-0.1, -0.05) is 42.1 Å². The Bertz CT molecular complexity index is 1090. The van der Waals surface area contributed by atoms with Gasteiger partial charge in [0, 0.05) is 24.7 Å². The van der Waals surface area contributed by atoms with Gasteiger partial charge >= 0.3 is 0 Å². The number of nitrogens with two attached hydrogens (primary N) is 1. The predicted molar refractivity (Wildman–Crippen MR) is 130 cm³/mol. The molecular weight excluding hydrogens is 445 g/mol. The van der Waals surface area contributed by atoms with Crippen LogP contribution in [0.25, 0.3) is 11.2 Å². The summed E-state index contributed by atoms with van der Waals surface area (Å²) in [7, 11) is 0. The van der Waals surface area contributed by atoms with E-state index in [1.165, 1.54) is 12.8 Å². The van der Waals surface area contributed by atoms with Crippen molar-refractivity contribution in [2.24, 2.45) is 5.73 Å². The van der Waals surface area contributed by atoms with Crippen LogP contribution in [0, 0.1) is 0 Å². The summed E-state index contributed by atoms with van der Waals surface area (Å²) in [6.45, 7) is 0.605. The third kappa shape index (κ3) is 4.65. The van der Waals surface area contributed by atoms with Crippen LogP contribution in [-0.4, -0.2) is 31.6 Å². The molecule has 0 atom stereocenters. The molecule has 2 aliphatic carbocycles. The summed E-state index contributed by atoms with van der Waals surface area (Å²) in [5.41, 5.74) is 8.80. The van der Waals surface area contributed by atoms with Gasteiger partial charge in [-0.25, -0.2) is 9.97 Å². The van der Waals surface area contributed by atoms with Crippen molar-refractivity contribution in [2.75, 3.05) is 10.6 Å². The third-order valence-electron chi connectivity index (χ3n) is 6.66. The van der Waals surface area contributed by atoms with E-state index in [2.05, 4.69) is 20.2 Å². The second-order valence-electron chi connectivity index (χ2n) is 9.00. The van der Waals surface area contributed by atoms with Crippen LogP contribution < -0.4 is 16.4 Å². The number of hydrogen-bond donors (Lipinski definition) is 3. The summed E-state index contributed by atoms with van der Waals surface area (Å²) in [6.07, 6.45) is 10.8. The monoisotopic (exact) mass is 473 g/mol. The van der Waals surface area contributed by atoms with Crippen molar-refractivity contribution in [3.63, 3.8) is 0 Å². The van der Waals surface area contributed by atoms with Gasteiger partial charge in [-0.2, -0.15) is 4.98 Å². The zero-order valence-corrected chi connectivity index (χ0v) is 19.5. The zero-order valence-electron chi connectivity index (χ0n) is 18.0. The maximum Gasteiger partial charge on any atom is 0.224 e. The van der Waals surface area contributed by atoms with Gasteiger partial charge in [0.2, 0.25) is 11.9 Å². The molecule has 0 unspecified atom stereocenters. The SMILES string of the molecule is NC1CCC(Nc2ncc3nc(NCc4ccc(Cl)c(Cl)c4)n(C4CCCC4)c3n2)CC1. The Hall–Kier alpha value is -2.09. The van der Waals surface area contributed by atoms with Crippen LogP contribution in [0.3, 0.4) is 0 Å². The van der Waals surface area contributed by atoms with E-state index in [1.807, 2.05) is 24.4 Å². The molecule has 0 spiro atoms. The molecule has 0 bridgehead atoms. The van der Waals surface area contributed by atoms with Crippen molar-refractivity contribution in [2.45, 2.75) is 76.0 Å². The van der Waals surface area contributed by atoms with Crippen LogP contribution in [0.4, 0.5) is 11.9 Å². The van der Waals surface area contributed by atoms with Crippen LogP contribution >= 0.6 is 23.2 Å². The van der Waals surface area contributed by atoms with Crippen LogP contribution in [0.1, 0.15) is 63.0 Å². The van der Waals surface area contributed by atoms with E-state index in [0.717, 1.165) is 61.2 Å². The minimum atomic E-state index is 0.324. The van der Waals surface area contributed by atoms with Crippen molar-refractivity contribution in [1.82, 2.24) is 19.5 Å². The zero-order chi connectivity index (χ0) is 22.1. The largest absolute Gasteiger partial charge is 0.352 e. The van der Waals surface area contributed by atoms with E-state index in [9.17, 15) is 0 Å². The summed E-state index contributed by atoms with van der Waals surface area (Å²) in [5, 5.41) is 8.13. The molecule has 2 heterocycles. The van der Waals surface area contributed by atoms with Gasteiger partial charge in [0.15, 0.2) is 5.65 Å². The fraction of sp³-hybridized carbons (Fsp3) is 0.522. The Morgan fingerprint density at radius 1 is 1.00 bits per heavy atom. The molecule has 0 aliphatic heterocycles. The van der Waals surface area contributed by atoms with Gasteiger partial charge < -0.3 is 16.4 Å². The molecule has 5 rings (SSSR count). The molecule has 32 heavy (non-hydrogen) atoms. The molecule has 9 heteroatoms. The van der Waals surface area contributed by atoms with E-state index >= 15 is 0 Å². The van der Waals surface area contributed by atoms with Gasteiger partial charge in [0.1, 0.15) is 5.52 Å². The lowest BCUT2D eigenvalue weighted by Gasteiger charge is -2.26. The van der Waals surface area contributed by atoms with Crippen LogP contribution in [0.15, 0.2) is 24.4 Å². The fourth-order valence-corrected chi connectivity index (χ4v) is 5.19. The van der Waals surface area contributed by atoms with Crippen molar-refractivity contribution in [3.8, 4) is 0 Å². The lowest BCUT2D eigenvalue weighted by atomic mass is 9.92. The number of benzene rings is 1. The topological polar surface area (TPSA) is 93.7 Å². The Morgan fingerprint density at radius 2 is 1.78 bits per heavy atom. The van der Waals surface area contributed by atoms with E-state index in [0.29, 0.717) is 40.7 Å². The summed E-state index contributed by atoms with van der Waals surface area (Å²) >= 11 is 12.2. The maximum absolute atomic E-state index is 6.19. The highest BCUT2D eigenvalue weighted by atomic mass is 35.5. The summed E-state index contributed by atoms with van der Waals surface area (Å²) in [6, 6.07) is 6.78. The van der Waals surface area contributed by atoms with Crippen LogP contribution in [0.5, 0.6) is 0 Å². The maximum atomic E-state index is 6.19.